The van der Waals surface area contributed by atoms with Gasteiger partial charge < -0.3 is 9.64 Å². The zero-order chi connectivity index (χ0) is 13.7. The maximum atomic E-state index is 11.3. The Morgan fingerprint density at radius 2 is 2.21 bits per heavy atom. The Bertz CT molecular complexity index is 419. The van der Waals surface area contributed by atoms with E-state index in [1.54, 1.807) is 6.20 Å². The third-order valence-electron chi connectivity index (χ3n) is 3.78. The smallest absolute Gasteiger partial charge is 0.358 e. The zero-order valence-corrected chi connectivity index (χ0v) is 11.6. The second-order valence-corrected chi connectivity index (χ2v) is 4.94. The summed E-state index contributed by atoms with van der Waals surface area (Å²) in [5, 5.41) is 0. The molecule has 0 saturated carbocycles. The molecule has 1 aliphatic heterocycles. The minimum atomic E-state index is -0.444. The van der Waals surface area contributed by atoms with E-state index in [1.807, 2.05) is 0 Å². The highest BCUT2D eigenvalue weighted by molar-refractivity contribution is 5.86. The van der Waals surface area contributed by atoms with Crippen molar-refractivity contribution >= 4 is 11.8 Å². The Balaban J connectivity index is 2.03. The molecule has 1 fully saturated rings. The van der Waals surface area contributed by atoms with Crippen LogP contribution in [0.3, 0.4) is 0 Å². The van der Waals surface area contributed by atoms with Crippen molar-refractivity contribution in [1.29, 1.82) is 0 Å². The van der Waals surface area contributed by atoms with Gasteiger partial charge in [0.1, 0.15) is 5.82 Å². The molecule has 2 rings (SSSR count). The number of hydrogen-bond donors (Lipinski definition) is 0. The summed E-state index contributed by atoms with van der Waals surface area (Å²) < 4.78 is 4.62. The molecule has 0 radical (unpaired) electrons. The van der Waals surface area contributed by atoms with E-state index >= 15 is 0 Å². The lowest BCUT2D eigenvalue weighted by Gasteiger charge is -2.21. The summed E-state index contributed by atoms with van der Waals surface area (Å²) in [7, 11) is 1.34. The van der Waals surface area contributed by atoms with Crippen LogP contribution in [0.25, 0.3) is 0 Å². The Hall–Kier alpha value is -1.65. The lowest BCUT2D eigenvalue weighted by molar-refractivity contribution is 0.0593. The van der Waals surface area contributed by atoms with Gasteiger partial charge in [0.15, 0.2) is 5.69 Å². The largest absolute Gasteiger partial charge is 0.464 e. The summed E-state index contributed by atoms with van der Waals surface area (Å²) in [5.41, 5.74) is 0.257. The molecule has 0 spiro atoms. The summed E-state index contributed by atoms with van der Waals surface area (Å²) in [4.78, 5) is 22.0. The molecule has 1 saturated heterocycles. The first-order valence-corrected chi connectivity index (χ1v) is 6.90. The minimum absolute atomic E-state index is 0.257. The maximum Gasteiger partial charge on any atom is 0.358 e. The van der Waals surface area contributed by atoms with Crippen molar-refractivity contribution in [3.05, 3.63) is 18.1 Å². The van der Waals surface area contributed by atoms with E-state index in [2.05, 4.69) is 26.5 Å². The quantitative estimate of drug-likeness (QED) is 0.783. The molecule has 0 amide bonds. The van der Waals surface area contributed by atoms with Crippen LogP contribution in [-0.4, -0.2) is 36.1 Å². The molecule has 1 atom stereocenters. The van der Waals surface area contributed by atoms with Crippen molar-refractivity contribution in [2.24, 2.45) is 5.92 Å². The molecule has 19 heavy (non-hydrogen) atoms. The van der Waals surface area contributed by atoms with E-state index in [4.69, 9.17) is 0 Å². The standard InChI is InChI=1S/C14H21N3O2/c1-3-11-5-4-7-17(8-6-11)13-10-15-12(9-16-13)14(18)19-2/h9-11H,3-8H2,1-2H3. The second kappa shape index (κ2) is 6.50. The molecular formula is C14H21N3O2. The van der Waals surface area contributed by atoms with Crippen LogP contribution in [0.2, 0.25) is 0 Å². The number of carbonyl (C=O) groups excluding carboxylic acids is 1. The van der Waals surface area contributed by atoms with E-state index in [9.17, 15) is 4.79 Å². The normalized spacial score (nSPS) is 19.9. The number of ether oxygens (including phenoxy) is 1. The van der Waals surface area contributed by atoms with Crippen molar-refractivity contribution in [1.82, 2.24) is 9.97 Å². The molecule has 1 aromatic rings. The van der Waals surface area contributed by atoms with Gasteiger partial charge in [-0.2, -0.15) is 0 Å². The molecule has 0 aliphatic carbocycles. The molecule has 1 unspecified atom stereocenters. The third kappa shape index (κ3) is 3.43. The van der Waals surface area contributed by atoms with E-state index < -0.39 is 5.97 Å². The SMILES string of the molecule is CCC1CCCN(c2cnc(C(=O)OC)cn2)CC1. The van der Waals surface area contributed by atoms with Crippen LogP contribution in [0.15, 0.2) is 12.4 Å². The molecule has 2 heterocycles. The van der Waals surface area contributed by atoms with Crippen molar-refractivity contribution in [2.45, 2.75) is 32.6 Å². The Morgan fingerprint density at radius 1 is 1.37 bits per heavy atom. The number of rotatable bonds is 3. The van der Waals surface area contributed by atoms with Gasteiger partial charge in [0.25, 0.3) is 0 Å². The van der Waals surface area contributed by atoms with E-state index in [0.717, 1.165) is 24.8 Å². The molecule has 0 aromatic carbocycles. The fourth-order valence-corrected chi connectivity index (χ4v) is 2.50. The number of esters is 1. The van der Waals surface area contributed by atoms with Crippen molar-refractivity contribution in [3.63, 3.8) is 0 Å². The van der Waals surface area contributed by atoms with Crippen LogP contribution in [0, 0.1) is 5.92 Å². The Labute approximate surface area is 114 Å². The molecular weight excluding hydrogens is 242 g/mol. The third-order valence-corrected chi connectivity index (χ3v) is 3.78. The summed E-state index contributed by atoms with van der Waals surface area (Å²) in [6.45, 7) is 4.29. The first kappa shape index (κ1) is 13.8. The fourth-order valence-electron chi connectivity index (χ4n) is 2.50. The van der Waals surface area contributed by atoms with Gasteiger partial charge >= 0.3 is 5.97 Å². The molecule has 1 aromatic heterocycles. The van der Waals surface area contributed by atoms with Crippen LogP contribution in [0.5, 0.6) is 0 Å². The van der Waals surface area contributed by atoms with Gasteiger partial charge in [-0.3, -0.25) is 0 Å². The molecule has 5 nitrogen and oxygen atoms in total. The number of anilines is 1. The summed E-state index contributed by atoms with van der Waals surface area (Å²) >= 11 is 0. The number of aromatic nitrogens is 2. The highest BCUT2D eigenvalue weighted by Crippen LogP contribution is 2.22. The van der Waals surface area contributed by atoms with Gasteiger partial charge in [0.05, 0.1) is 19.5 Å². The molecule has 0 bridgehead atoms. The first-order chi connectivity index (χ1) is 9.24. The summed E-state index contributed by atoms with van der Waals surface area (Å²) in [6, 6.07) is 0. The van der Waals surface area contributed by atoms with E-state index in [0.29, 0.717) is 0 Å². The fraction of sp³-hybridized carbons (Fsp3) is 0.643. The maximum absolute atomic E-state index is 11.3. The van der Waals surface area contributed by atoms with E-state index in [-0.39, 0.29) is 5.69 Å². The number of hydrogen-bond acceptors (Lipinski definition) is 5. The number of nitrogens with zero attached hydrogens (tertiary/aromatic N) is 3. The van der Waals surface area contributed by atoms with Gasteiger partial charge in [-0.05, 0) is 25.2 Å². The van der Waals surface area contributed by atoms with Crippen LogP contribution in [-0.2, 0) is 4.74 Å². The van der Waals surface area contributed by atoms with Crippen molar-refractivity contribution in [2.75, 3.05) is 25.1 Å². The van der Waals surface area contributed by atoms with Crippen LogP contribution in [0.4, 0.5) is 5.82 Å². The highest BCUT2D eigenvalue weighted by atomic mass is 16.5. The molecule has 0 N–H and O–H groups in total. The van der Waals surface area contributed by atoms with Gasteiger partial charge in [0, 0.05) is 13.1 Å². The average molecular weight is 263 g/mol. The van der Waals surface area contributed by atoms with Gasteiger partial charge in [-0.1, -0.05) is 13.3 Å². The monoisotopic (exact) mass is 263 g/mol. The van der Waals surface area contributed by atoms with Gasteiger partial charge in [-0.25, -0.2) is 14.8 Å². The second-order valence-electron chi connectivity index (χ2n) is 4.94. The highest BCUT2D eigenvalue weighted by Gasteiger charge is 2.17. The predicted octanol–water partition coefficient (Wildman–Crippen LogP) is 2.28. The summed E-state index contributed by atoms with van der Waals surface area (Å²) in [5.74, 6) is 1.23. The van der Waals surface area contributed by atoms with Gasteiger partial charge in [0.2, 0.25) is 0 Å². The van der Waals surface area contributed by atoms with Crippen molar-refractivity contribution in [3.8, 4) is 0 Å². The summed E-state index contributed by atoms with van der Waals surface area (Å²) in [6.07, 6.45) is 8.10. The Morgan fingerprint density at radius 3 is 2.84 bits per heavy atom. The van der Waals surface area contributed by atoms with E-state index in [1.165, 1.54) is 39.0 Å². The van der Waals surface area contributed by atoms with Gasteiger partial charge in [-0.15, -0.1) is 0 Å². The molecule has 104 valence electrons. The predicted molar refractivity (Wildman–Crippen MR) is 73.2 cm³/mol. The molecule has 5 heteroatoms. The zero-order valence-electron chi connectivity index (χ0n) is 11.6. The van der Waals surface area contributed by atoms with Crippen molar-refractivity contribution < 1.29 is 9.53 Å². The topological polar surface area (TPSA) is 55.3 Å². The van der Waals surface area contributed by atoms with Crippen LogP contribution < -0.4 is 4.90 Å². The lowest BCUT2D eigenvalue weighted by Crippen LogP contribution is -2.25. The Kier molecular flexibility index (Phi) is 4.71. The van der Waals surface area contributed by atoms with Crippen LogP contribution >= 0.6 is 0 Å². The first-order valence-electron chi connectivity index (χ1n) is 6.90. The number of methoxy groups -OCH3 is 1. The lowest BCUT2D eigenvalue weighted by atomic mass is 9.98. The number of carbonyl (C=O) groups is 1. The minimum Gasteiger partial charge on any atom is -0.464 e. The molecule has 1 aliphatic rings. The average Bonchev–Trinajstić information content (AvgIpc) is 2.72. The van der Waals surface area contributed by atoms with Crippen LogP contribution in [0.1, 0.15) is 43.1 Å².